The Labute approximate surface area is 195 Å². The molecule has 0 fully saturated rings. The Bertz CT molecular complexity index is 1000. The van der Waals surface area contributed by atoms with E-state index in [0.717, 1.165) is 16.9 Å². The van der Waals surface area contributed by atoms with Crippen molar-refractivity contribution in [2.24, 2.45) is 0 Å². The number of amides is 1. The minimum Gasteiger partial charge on any atom is -0.495 e. The third-order valence-corrected chi connectivity index (χ3v) is 7.68. The fourth-order valence-electron chi connectivity index (χ4n) is 3.24. The first kappa shape index (κ1) is 26.0. The summed E-state index contributed by atoms with van der Waals surface area (Å²) in [5, 5.41) is 2.76. The Morgan fingerprint density at radius 1 is 1.06 bits per heavy atom. The van der Waals surface area contributed by atoms with Crippen LogP contribution in [0.5, 0.6) is 11.5 Å². The summed E-state index contributed by atoms with van der Waals surface area (Å²) in [6.45, 7) is 8.84. The fraction of sp³-hybridized carbons (Fsp3) is 0.435. The number of benzene rings is 2. The van der Waals surface area contributed by atoms with Gasteiger partial charge in [-0.3, -0.25) is 4.79 Å². The highest BCUT2D eigenvalue weighted by atomic mass is 32.2. The molecule has 1 N–H and O–H groups in total. The zero-order chi connectivity index (χ0) is 23.7. The van der Waals surface area contributed by atoms with Crippen LogP contribution < -0.4 is 14.8 Å². The van der Waals surface area contributed by atoms with Crippen LogP contribution in [0.4, 0.5) is 5.69 Å². The summed E-state index contributed by atoms with van der Waals surface area (Å²) in [4.78, 5) is 12.5. The minimum absolute atomic E-state index is 0.117. The van der Waals surface area contributed by atoms with Gasteiger partial charge < -0.3 is 14.8 Å². The number of nitrogens with zero attached hydrogens (tertiary/aromatic N) is 1. The van der Waals surface area contributed by atoms with Crippen molar-refractivity contribution < 1.29 is 22.7 Å². The molecule has 0 aliphatic rings. The molecule has 1 amide bonds. The first-order chi connectivity index (χ1) is 15.2. The first-order valence-electron chi connectivity index (χ1n) is 10.5. The summed E-state index contributed by atoms with van der Waals surface area (Å²) in [5.41, 5.74) is 2.62. The van der Waals surface area contributed by atoms with Gasteiger partial charge in [0.1, 0.15) is 11.5 Å². The van der Waals surface area contributed by atoms with E-state index in [2.05, 4.69) is 11.4 Å². The predicted octanol–water partition coefficient (Wildman–Crippen LogP) is 4.09. The van der Waals surface area contributed by atoms with Gasteiger partial charge in [0, 0.05) is 18.8 Å². The molecule has 2 aromatic carbocycles. The molecule has 0 atom stereocenters. The predicted molar refractivity (Wildman–Crippen MR) is 130 cm³/mol. The van der Waals surface area contributed by atoms with Gasteiger partial charge >= 0.3 is 0 Å². The van der Waals surface area contributed by atoms with Crippen LogP contribution >= 0.6 is 11.8 Å². The lowest BCUT2D eigenvalue weighted by Crippen LogP contribution is -2.30. The molecule has 2 rings (SSSR count). The van der Waals surface area contributed by atoms with Crippen LogP contribution in [0.25, 0.3) is 0 Å². The molecule has 176 valence electrons. The third-order valence-electron chi connectivity index (χ3n) is 4.71. The Morgan fingerprint density at radius 3 is 2.31 bits per heavy atom. The van der Waals surface area contributed by atoms with E-state index in [9.17, 15) is 13.2 Å². The van der Waals surface area contributed by atoms with Gasteiger partial charge in [0.15, 0.2) is 0 Å². The molecular weight excluding hydrogens is 448 g/mol. The van der Waals surface area contributed by atoms with E-state index in [0.29, 0.717) is 36.9 Å². The van der Waals surface area contributed by atoms with Gasteiger partial charge in [-0.1, -0.05) is 19.9 Å². The number of ether oxygens (including phenoxy) is 2. The van der Waals surface area contributed by atoms with Crippen molar-refractivity contribution in [1.82, 2.24) is 4.31 Å². The standard InChI is InChI=1S/C23H32N2O5S2/c1-6-25(7-2)32(27,28)20-8-9-22(29-5)21(15-20)24-23(26)16-31-11-10-30-19-13-17(3)12-18(4)14-19/h8-9,12-15H,6-7,10-11,16H2,1-5H3,(H,24,26). The van der Waals surface area contributed by atoms with Crippen LogP contribution in [0.1, 0.15) is 25.0 Å². The lowest BCUT2D eigenvalue weighted by molar-refractivity contribution is -0.113. The molecule has 0 aliphatic heterocycles. The molecule has 0 bridgehead atoms. The van der Waals surface area contributed by atoms with Gasteiger partial charge in [-0.25, -0.2) is 8.42 Å². The number of hydrogen-bond acceptors (Lipinski definition) is 6. The molecule has 2 aromatic rings. The summed E-state index contributed by atoms with van der Waals surface area (Å²) in [6.07, 6.45) is 0. The second kappa shape index (κ2) is 12.1. The molecule has 32 heavy (non-hydrogen) atoms. The normalized spacial score (nSPS) is 11.4. The van der Waals surface area contributed by atoms with Gasteiger partial charge in [0.05, 0.1) is 30.1 Å². The van der Waals surface area contributed by atoms with Crippen molar-refractivity contribution in [3.8, 4) is 11.5 Å². The summed E-state index contributed by atoms with van der Waals surface area (Å²) < 4.78 is 38.0. The average Bonchev–Trinajstić information content (AvgIpc) is 2.73. The van der Waals surface area contributed by atoms with Gasteiger partial charge in [-0.15, -0.1) is 11.8 Å². The molecule has 9 heteroatoms. The Morgan fingerprint density at radius 2 is 1.72 bits per heavy atom. The number of aryl methyl sites for hydroxylation is 2. The maximum atomic E-state index is 12.8. The number of sulfonamides is 1. The van der Waals surface area contributed by atoms with Crippen molar-refractivity contribution >= 4 is 33.4 Å². The highest BCUT2D eigenvalue weighted by Crippen LogP contribution is 2.29. The third kappa shape index (κ3) is 7.15. The SMILES string of the molecule is CCN(CC)S(=O)(=O)c1ccc(OC)c(NC(=O)CSCCOc2cc(C)cc(C)c2)c1. The maximum absolute atomic E-state index is 12.8. The Kier molecular flexibility index (Phi) is 9.86. The number of nitrogens with one attached hydrogen (secondary N) is 1. The van der Waals surface area contributed by atoms with E-state index in [1.807, 2.05) is 26.0 Å². The number of thioether (sulfide) groups is 1. The van der Waals surface area contributed by atoms with Crippen molar-refractivity contribution in [3.63, 3.8) is 0 Å². The maximum Gasteiger partial charge on any atom is 0.243 e. The molecule has 0 heterocycles. The molecule has 0 unspecified atom stereocenters. The number of carbonyl (C=O) groups is 1. The molecular formula is C23H32N2O5S2. The number of anilines is 1. The smallest absolute Gasteiger partial charge is 0.243 e. The summed E-state index contributed by atoms with van der Waals surface area (Å²) in [5.74, 6) is 1.85. The van der Waals surface area contributed by atoms with Gasteiger partial charge in [0.2, 0.25) is 15.9 Å². The van der Waals surface area contributed by atoms with Gasteiger partial charge in [-0.05, 0) is 55.3 Å². The van der Waals surface area contributed by atoms with Crippen LogP contribution in [0.15, 0.2) is 41.3 Å². The molecule has 0 aliphatic carbocycles. The van der Waals surface area contributed by atoms with E-state index in [1.165, 1.54) is 35.3 Å². The highest BCUT2D eigenvalue weighted by Gasteiger charge is 2.23. The molecule has 0 saturated carbocycles. The summed E-state index contributed by atoms with van der Waals surface area (Å²) in [7, 11) is -2.16. The van der Waals surface area contributed by atoms with Crippen LogP contribution in [0, 0.1) is 13.8 Å². The van der Waals surface area contributed by atoms with Gasteiger partial charge in [0.25, 0.3) is 0 Å². The number of rotatable bonds is 12. The van der Waals surface area contributed by atoms with E-state index in [-0.39, 0.29) is 16.6 Å². The van der Waals surface area contributed by atoms with Crippen LogP contribution in [-0.4, -0.2) is 56.9 Å². The van der Waals surface area contributed by atoms with Crippen molar-refractivity contribution in [2.75, 3.05) is 43.6 Å². The lowest BCUT2D eigenvalue weighted by Gasteiger charge is -2.19. The van der Waals surface area contributed by atoms with Crippen molar-refractivity contribution in [1.29, 1.82) is 0 Å². The second-order valence-electron chi connectivity index (χ2n) is 7.22. The Balaban J connectivity index is 1.94. The highest BCUT2D eigenvalue weighted by molar-refractivity contribution is 7.99. The number of hydrogen-bond donors (Lipinski definition) is 1. The first-order valence-corrected chi connectivity index (χ1v) is 13.1. The average molecular weight is 481 g/mol. The van der Waals surface area contributed by atoms with Gasteiger partial charge in [-0.2, -0.15) is 4.31 Å². The van der Waals surface area contributed by atoms with E-state index >= 15 is 0 Å². The van der Waals surface area contributed by atoms with Crippen molar-refractivity contribution in [3.05, 3.63) is 47.5 Å². The van der Waals surface area contributed by atoms with E-state index < -0.39 is 10.0 Å². The molecule has 0 aromatic heterocycles. The topological polar surface area (TPSA) is 84.9 Å². The molecule has 0 spiro atoms. The van der Waals surface area contributed by atoms with Crippen LogP contribution in [0.2, 0.25) is 0 Å². The fourth-order valence-corrected chi connectivity index (χ4v) is 5.33. The van der Waals surface area contributed by atoms with Crippen molar-refractivity contribution in [2.45, 2.75) is 32.6 Å². The van der Waals surface area contributed by atoms with Crippen LogP contribution in [0.3, 0.4) is 0 Å². The Hall–Kier alpha value is -2.23. The number of carbonyl (C=O) groups excluding carboxylic acids is 1. The molecule has 0 saturated heterocycles. The molecule has 7 nitrogen and oxygen atoms in total. The van der Waals surface area contributed by atoms with E-state index in [4.69, 9.17) is 9.47 Å². The zero-order valence-corrected chi connectivity index (χ0v) is 20.9. The quantitative estimate of drug-likeness (QED) is 0.461. The number of methoxy groups -OCH3 is 1. The largest absolute Gasteiger partial charge is 0.495 e. The summed E-state index contributed by atoms with van der Waals surface area (Å²) >= 11 is 1.44. The lowest BCUT2D eigenvalue weighted by atomic mass is 10.1. The van der Waals surface area contributed by atoms with Crippen LogP contribution in [-0.2, 0) is 14.8 Å². The second-order valence-corrected chi connectivity index (χ2v) is 10.3. The monoisotopic (exact) mass is 480 g/mol. The van der Waals surface area contributed by atoms with E-state index in [1.54, 1.807) is 19.9 Å². The zero-order valence-electron chi connectivity index (χ0n) is 19.3. The minimum atomic E-state index is -3.64. The summed E-state index contributed by atoms with van der Waals surface area (Å²) in [6, 6.07) is 10.5. The molecule has 0 radical (unpaired) electrons.